The fourth-order valence-electron chi connectivity index (χ4n) is 4.29. The molecule has 42 heavy (non-hydrogen) atoms. The molecular weight excluding hydrogens is 519 g/mol. The zero-order valence-electron chi connectivity index (χ0n) is 25.1. The van der Waals surface area contributed by atoms with E-state index in [9.17, 15) is 14.4 Å². The first-order chi connectivity index (χ1) is 18.9. The van der Waals surface area contributed by atoms with Crippen LogP contribution >= 0.6 is 0 Å². The number of carbonyl (C=O) groups excluding carboxylic acids is 1. The number of fused-ring (bicyclic) bond motifs is 1. The van der Waals surface area contributed by atoms with E-state index in [-0.39, 0.29) is 75.3 Å². The van der Waals surface area contributed by atoms with Gasteiger partial charge in [0.1, 0.15) is 0 Å². The first-order valence-electron chi connectivity index (χ1n) is 12.8. The van der Waals surface area contributed by atoms with Crippen molar-refractivity contribution in [1.82, 2.24) is 14.9 Å². The number of ether oxygens (including phenoxy) is 1. The summed E-state index contributed by atoms with van der Waals surface area (Å²) in [5.41, 5.74) is 1.42. The molecule has 10 heteroatoms. The molecule has 1 aliphatic rings. The summed E-state index contributed by atoms with van der Waals surface area (Å²) in [5, 5.41) is 10.6. The van der Waals surface area contributed by atoms with E-state index in [4.69, 9.17) is 4.74 Å². The average Bonchev–Trinajstić information content (AvgIpc) is 2.95. The van der Waals surface area contributed by atoms with Crippen LogP contribution in [0.3, 0.4) is 0 Å². The number of carbonyl (C=O) groups is 1. The van der Waals surface area contributed by atoms with Crippen LogP contribution in [0, 0.1) is 57.8 Å². The maximum absolute atomic E-state index is 13.0. The van der Waals surface area contributed by atoms with Crippen molar-refractivity contribution in [2.75, 3.05) is 31.1 Å². The first kappa shape index (κ1) is 39.1. The number of halogens is 1. The van der Waals surface area contributed by atoms with Crippen molar-refractivity contribution in [3.63, 3.8) is 0 Å². The molecule has 1 atom stereocenters. The van der Waals surface area contributed by atoms with Crippen molar-refractivity contribution < 1.29 is 51.6 Å². The molecule has 1 saturated heterocycles. The van der Waals surface area contributed by atoms with Gasteiger partial charge in [0.15, 0.2) is 0 Å². The molecule has 2 heterocycles. The summed E-state index contributed by atoms with van der Waals surface area (Å²) in [6.45, 7) is 17.3. The van der Waals surface area contributed by atoms with E-state index >= 15 is 0 Å². The fraction of sp³-hybridized carbons (Fsp3) is 0.281. The zero-order valence-corrected chi connectivity index (χ0v) is 25.1. The molecule has 3 aromatic rings. The third-order valence-electron chi connectivity index (χ3n) is 6.26. The van der Waals surface area contributed by atoms with Crippen molar-refractivity contribution in [2.45, 2.75) is 31.7 Å². The summed E-state index contributed by atoms with van der Waals surface area (Å²) < 4.78 is 18.6. The van der Waals surface area contributed by atoms with Gasteiger partial charge in [-0.05, 0) is 12.7 Å². The molecule has 7 nitrogen and oxygen atoms in total. The number of hydrogen-bond donors (Lipinski definition) is 0. The van der Waals surface area contributed by atoms with Gasteiger partial charge in [0.05, 0.1) is 24.3 Å². The maximum Gasteiger partial charge on any atom is 1.00 e. The molecule has 214 valence electrons. The Hall–Kier alpha value is -2.93. The van der Waals surface area contributed by atoms with E-state index in [2.05, 4.69) is 54.4 Å². The van der Waals surface area contributed by atoms with E-state index < -0.39 is 0 Å². The Balaban J connectivity index is 0.00000101. The predicted molar refractivity (Wildman–Crippen MR) is 157 cm³/mol. The molecule has 1 amide bonds. The number of aromatic nitrogens is 2. The largest absolute Gasteiger partial charge is 1.00 e. The van der Waals surface area contributed by atoms with E-state index in [1.54, 1.807) is 17.0 Å². The van der Waals surface area contributed by atoms with E-state index in [1.165, 1.54) is 12.1 Å². The third kappa shape index (κ3) is 10.4. The monoisotopic (exact) mass is 555 g/mol. The number of nitriles is 1. The Bertz CT molecular complexity index is 1310. The van der Waals surface area contributed by atoms with Crippen molar-refractivity contribution in [1.29, 1.82) is 5.26 Å². The number of rotatable bonds is 9. The summed E-state index contributed by atoms with van der Waals surface area (Å²) in [4.78, 5) is 24.8. The van der Waals surface area contributed by atoms with Crippen LogP contribution in [0.2, 0.25) is 0 Å². The Morgan fingerprint density at radius 2 is 2.00 bits per heavy atom. The van der Waals surface area contributed by atoms with Gasteiger partial charge in [-0.2, -0.15) is 15.8 Å². The van der Waals surface area contributed by atoms with Gasteiger partial charge in [0, 0.05) is 25.5 Å². The topological polar surface area (TPSA) is 82.3 Å². The van der Waals surface area contributed by atoms with Crippen LogP contribution in [0.1, 0.15) is 30.5 Å². The second kappa shape index (κ2) is 20.1. The van der Waals surface area contributed by atoms with Crippen LogP contribution in [0.25, 0.3) is 10.8 Å². The Kier molecular flexibility index (Phi) is 18.7. The molecule has 0 N–H and O–H groups in total. The van der Waals surface area contributed by atoms with E-state index in [0.717, 1.165) is 23.8 Å². The molecule has 0 unspecified atom stereocenters. The minimum absolute atomic E-state index is 0. The third-order valence-corrected chi connectivity index (χ3v) is 6.26. The molecule has 4 rings (SSSR count). The molecule has 0 radical (unpaired) electrons. The molecule has 1 aliphatic heterocycles. The smallest absolute Gasteiger partial charge is 0.496 e. The van der Waals surface area contributed by atoms with Gasteiger partial charge < -0.3 is 35.8 Å². The van der Waals surface area contributed by atoms with E-state index in [1.807, 2.05) is 24.6 Å². The number of hydrogen-bond acceptors (Lipinski definition) is 6. The predicted octanol–water partition coefficient (Wildman–Crippen LogP) is -0.413. The second-order valence-electron chi connectivity index (χ2n) is 8.82. The first-order valence-corrected chi connectivity index (χ1v) is 12.8. The Morgan fingerprint density at radius 3 is 2.64 bits per heavy atom. The number of nitrogens with zero attached hydrogens (tertiary/aromatic N) is 5. The average molecular weight is 556 g/mol. The molecule has 0 bridgehead atoms. The van der Waals surface area contributed by atoms with Gasteiger partial charge >= 0.3 is 43.7 Å². The van der Waals surface area contributed by atoms with Crippen molar-refractivity contribution in [3.05, 3.63) is 107 Å². The van der Waals surface area contributed by atoms with Gasteiger partial charge in [0.25, 0.3) is 0 Å². The summed E-state index contributed by atoms with van der Waals surface area (Å²) in [6.07, 6.45) is 5.66. The summed E-state index contributed by atoms with van der Waals surface area (Å²) in [7, 11) is 0. The van der Waals surface area contributed by atoms with Gasteiger partial charge in [0.2, 0.25) is 5.91 Å². The van der Waals surface area contributed by atoms with Crippen LogP contribution < -0.4 is 47.4 Å². The second-order valence-corrected chi connectivity index (χ2v) is 8.82. The Labute approximate surface area is 274 Å². The fourth-order valence-corrected chi connectivity index (χ4v) is 4.29. The molecule has 1 aromatic heterocycles. The number of piperazine rings is 1. The van der Waals surface area contributed by atoms with Crippen molar-refractivity contribution >= 4 is 22.5 Å². The number of anilines is 1. The van der Waals surface area contributed by atoms with Crippen LogP contribution in [0.15, 0.2) is 49.1 Å². The van der Waals surface area contributed by atoms with Crippen LogP contribution in [-0.4, -0.2) is 53.1 Å². The molecular formula is C32H36FLi2N5O2-4. The number of unbranched alkanes of at least 4 members (excludes halogenated alkanes) is 2. The summed E-state index contributed by atoms with van der Waals surface area (Å²) >= 11 is 0. The molecule has 0 spiro atoms. The summed E-state index contributed by atoms with van der Waals surface area (Å²) in [5.74, 6) is 0.359. The van der Waals surface area contributed by atoms with Gasteiger partial charge in [-0.3, -0.25) is 11.2 Å². The zero-order chi connectivity index (χ0) is 28.2. The maximum atomic E-state index is 13.0. The van der Waals surface area contributed by atoms with E-state index in [0.29, 0.717) is 49.6 Å². The van der Waals surface area contributed by atoms with Crippen LogP contribution in [0.5, 0.6) is 6.01 Å². The van der Waals surface area contributed by atoms with Gasteiger partial charge in [-0.15, -0.1) is 35.7 Å². The number of amides is 1. The SMILES string of the molecule is C=CC(=O)N1CCN(c2nc(OC[CH-]CC[CH2-])nc([CH2-])c2C[CH2-])C[C@@H]1CC#N.Fc1cc[c-]c2ccccc12.[CH3-].[Li+].[Li+]. The van der Waals surface area contributed by atoms with Crippen LogP contribution in [-0.2, 0) is 11.2 Å². The molecule has 0 saturated carbocycles. The van der Waals surface area contributed by atoms with Crippen LogP contribution in [0.4, 0.5) is 10.2 Å². The number of benzene rings is 2. The molecule has 0 aliphatic carbocycles. The van der Waals surface area contributed by atoms with Gasteiger partial charge in [-0.25, -0.2) is 35.6 Å². The van der Waals surface area contributed by atoms with Crippen molar-refractivity contribution in [3.8, 4) is 12.1 Å². The molecule has 2 aromatic carbocycles. The normalized spacial score (nSPS) is 13.7. The minimum Gasteiger partial charge on any atom is -0.496 e. The summed E-state index contributed by atoms with van der Waals surface area (Å²) in [6, 6.07) is 15.4. The molecule has 1 fully saturated rings. The standard InChI is InChI=1S/C21H27N5O2.C10H6F.CH3.2Li/c1-5-8-9-14-28-21-23-16(4)18(6-2)20(24-21)25-12-13-26(19(27)7-3)17(15-25)10-11-22;11-10-7-3-5-8-4-1-2-6-9(8)10;;;/h7,9,17H,1-6,8,10,12-15H2;1-4,6-7H;1H3;;/q-4;2*-1;2*+1/t17-;;;;/m0..../s1. The minimum atomic E-state index is -0.236. The van der Waals surface area contributed by atoms with Crippen molar-refractivity contribution in [2.24, 2.45) is 0 Å². The Morgan fingerprint density at radius 1 is 1.26 bits per heavy atom. The van der Waals surface area contributed by atoms with Gasteiger partial charge in [-0.1, -0.05) is 29.8 Å². The quantitative estimate of drug-likeness (QED) is 0.155.